The van der Waals surface area contributed by atoms with Gasteiger partial charge in [-0.3, -0.25) is 0 Å². The lowest BCUT2D eigenvalue weighted by Crippen LogP contribution is -2.14. The van der Waals surface area contributed by atoms with Crippen LogP contribution in [0.4, 0.5) is 8.78 Å². The lowest BCUT2D eigenvalue weighted by Gasteiger charge is -2.14. The van der Waals surface area contributed by atoms with Crippen molar-refractivity contribution in [3.8, 4) is 5.75 Å². The first-order valence-corrected chi connectivity index (χ1v) is 6.05. The van der Waals surface area contributed by atoms with E-state index in [4.69, 9.17) is 10.5 Å². The van der Waals surface area contributed by atoms with Crippen LogP contribution in [0.5, 0.6) is 5.75 Å². The average molecular weight is 263 g/mol. The van der Waals surface area contributed by atoms with Crippen molar-refractivity contribution in [3.63, 3.8) is 0 Å². The monoisotopic (exact) mass is 263 g/mol. The molecule has 4 heteroatoms. The summed E-state index contributed by atoms with van der Waals surface area (Å²) in [7, 11) is 0. The molecule has 0 aliphatic heterocycles. The highest BCUT2D eigenvalue weighted by Gasteiger charge is 2.14. The zero-order valence-electron chi connectivity index (χ0n) is 10.6. The van der Waals surface area contributed by atoms with Gasteiger partial charge in [-0.2, -0.15) is 0 Å². The van der Waals surface area contributed by atoms with Gasteiger partial charge in [0.15, 0.2) is 0 Å². The van der Waals surface area contributed by atoms with Gasteiger partial charge in [-0.15, -0.1) is 0 Å². The number of hydrogen-bond donors (Lipinski definition) is 1. The number of hydrogen-bond acceptors (Lipinski definition) is 2. The fourth-order valence-electron chi connectivity index (χ4n) is 1.90. The van der Waals surface area contributed by atoms with Crippen molar-refractivity contribution < 1.29 is 13.5 Å². The van der Waals surface area contributed by atoms with Crippen LogP contribution in [0.2, 0.25) is 0 Å². The first-order chi connectivity index (χ1) is 9.11. The quantitative estimate of drug-likeness (QED) is 0.917. The van der Waals surface area contributed by atoms with Gasteiger partial charge in [-0.05, 0) is 30.7 Å². The van der Waals surface area contributed by atoms with Crippen LogP contribution in [0.3, 0.4) is 0 Å². The fraction of sp³-hybridized carbons (Fsp3) is 0.200. The summed E-state index contributed by atoms with van der Waals surface area (Å²) in [5, 5.41) is 0. The second-order valence-electron chi connectivity index (χ2n) is 4.15. The Bertz CT molecular complexity index is 572. The van der Waals surface area contributed by atoms with Crippen molar-refractivity contribution >= 4 is 0 Å². The molecule has 100 valence electrons. The molecule has 0 fully saturated rings. The van der Waals surface area contributed by atoms with Crippen molar-refractivity contribution in [2.75, 3.05) is 6.61 Å². The second-order valence-corrected chi connectivity index (χ2v) is 4.15. The van der Waals surface area contributed by atoms with Crippen molar-refractivity contribution in [3.05, 3.63) is 65.2 Å². The van der Waals surface area contributed by atoms with E-state index in [1.54, 1.807) is 24.3 Å². The smallest absolute Gasteiger partial charge is 0.131 e. The maximum absolute atomic E-state index is 13.7. The Morgan fingerprint density at radius 3 is 2.63 bits per heavy atom. The van der Waals surface area contributed by atoms with Crippen molar-refractivity contribution in [1.82, 2.24) is 0 Å². The number of nitrogens with two attached hydrogens (primary N) is 1. The Hall–Kier alpha value is -1.94. The summed E-state index contributed by atoms with van der Waals surface area (Å²) >= 11 is 0. The Balaban J connectivity index is 2.32. The van der Waals surface area contributed by atoms with Crippen LogP contribution in [-0.2, 0) is 0 Å². The molecule has 2 aromatic rings. The highest BCUT2D eigenvalue weighted by molar-refractivity contribution is 5.37. The molecule has 1 atom stereocenters. The van der Waals surface area contributed by atoms with E-state index in [0.717, 1.165) is 11.6 Å². The first-order valence-electron chi connectivity index (χ1n) is 6.05. The van der Waals surface area contributed by atoms with E-state index < -0.39 is 17.7 Å². The summed E-state index contributed by atoms with van der Waals surface area (Å²) in [6.45, 7) is 2.43. The van der Waals surface area contributed by atoms with Crippen LogP contribution < -0.4 is 10.5 Å². The van der Waals surface area contributed by atoms with Gasteiger partial charge < -0.3 is 10.5 Å². The molecule has 0 saturated carbocycles. The number of halogens is 2. The summed E-state index contributed by atoms with van der Waals surface area (Å²) in [5.41, 5.74) is 6.99. The minimum Gasteiger partial charge on any atom is -0.494 e. The van der Waals surface area contributed by atoms with E-state index >= 15 is 0 Å². The topological polar surface area (TPSA) is 35.2 Å². The molecule has 0 bridgehead atoms. The van der Waals surface area contributed by atoms with Crippen LogP contribution in [-0.4, -0.2) is 6.61 Å². The molecule has 0 aliphatic carbocycles. The van der Waals surface area contributed by atoms with Gasteiger partial charge in [0.05, 0.1) is 12.6 Å². The van der Waals surface area contributed by atoms with Crippen molar-refractivity contribution in [1.29, 1.82) is 0 Å². The zero-order chi connectivity index (χ0) is 13.8. The van der Waals surface area contributed by atoms with E-state index in [9.17, 15) is 8.78 Å². The average Bonchev–Trinajstić information content (AvgIpc) is 2.39. The van der Waals surface area contributed by atoms with Gasteiger partial charge in [-0.1, -0.05) is 18.2 Å². The molecule has 2 N–H and O–H groups in total. The summed E-state index contributed by atoms with van der Waals surface area (Å²) in [6.07, 6.45) is 0. The van der Waals surface area contributed by atoms with E-state index in [1.807, 2.05) is 6.92 Å². The third-order valence-corrected chi connectivity index (χ3v) is 2.83. The van der Waals surface area contributed by atoms with E-state index in [2.05, 4.69) is 0 Å². The lowest BCUT2D eigenvalue weighted by molar-refractivity contribution is 0.339. The third-order valence-electron chi connectivity index (χ3n) is 2.83. The normalized spacial score (nSPS) is 12.2. The molecule has 2 aromatic carbocycles. The van der Waals surface area contributed by atoms with Gasteiger partial charge in [-0.25, -0.2) is 8.78 Å². The Kier molecular flexibility index (Phi) is 4.12. The third kappa shape index (κ3) is 3.09. The molecule has 2 nitrogen and oxygen atoms in total. The van der Waals surface area contributed by atoms with E-state index in [1.165, 1.54) is 12.1 Å². The molecule has 1 unspecified atom stereocenters. The standard InChI is InChI=1S/C15H15F2NO/c1-2-19-12-5-3-4-10(8-12)15(18)13-7-6-11(16)9-14(13)17/h3-9,15H,2,18H2,1H3. The maximum atomic E-state index is 13.7. The molecule has 0 spiro atoms. The zero-order valence-corrected chi connectivity index (χ0v) is 10.6. The number of ether oxygens (including phenoxy) is 1. The second kappa shape index (κ2) is 5.80. The number of benzene rings is 2. The van der Waals surface area contributed by atoms with Gasteiger partial charge in [0.2, 0.25) is 0 Å². The van der Waals surface area contributed by atoms with Crippen LogP contribution >= 0.6 is 0 Å². The Labute approximate surface area is 110 Å². The van der Waals surface area contributed by atoms with Crippen molar-refractivity contribution in [2.24, 2.45) is 5.73 Å². The molecule has 0 aromatic heterocycles. The SMILES string of the molecule is CCOc1cccc(C(N)c2ccc(F)cc2F)c1. The van der Waals surface area contributed by atoms with Gasteiger partial charge in [0.25, 0.3) is 0 Å². The fourth-order valence-corrected chi connectivity index (χ4v) is 1.90. The molecular weight excluding hydrogens is 248 g/mol. The Morgan fingerprint density at radius 1 is 1.16 bits per heavy atom. The largest absolute Gasteiger partial charge is 0.494 e. The highest BCUT2D eigenvalue weighted by atomic mass is 19.1. The van der Waals surface area contributed by atoms with Gasteiger partial charge in [0.1, 0.15) is 17.4 Å². The predicted molar refractivity (Wildman–Crippen MR) is 70.0 cm³/mol. The van der Waals surface area contributed by atoms with Crippen LogP contribution in [0.1, 0.15) is 24.1 Å². The summed E-state index contributed by atoms with van der Waals surface area (Å²) < 4.78 is 31.9. The van der Waals surface area contributed by atoms with Crippen LogP contribution in [0.15, 0.2) is 42.5 Å². The Morgan fingerprint density at radius 2 is 1.95 bits per heavy atom. The van der Waals surface area contributed by atoms with Gasteiger partial charge >= 0.3 is 0 Å². The highest BCUT2D eigenvalue weighted by Crippen LogP contribution is 2.25. The summed E-state index contributed by atoms with van der Waals surface area (Å²) in [4.78, 5) is 0. The van der Waals surface area contributed by atoms with Crippen LogP contribution in [0.25, 0.3) is 0 Å². The molecule has 0 aliphatic rings. The van der Waals surface area contributed by atoms with E-state index in [0.29, 0.717) is 12.4 Å². The molecule has 2 rings (SSSR count). The van der Waals surface area contributed by atoms with Crippen LogP contribution in [0, 0.1) is 11.6 Å². The summed E-state index contributed by atoms with van der Waals surface area (Å²) in [6, 6.07) is 9.89. The first kappa shape index (κ1) is 13.5. The molecule has 0 saturated heterocycles. The van der Waals surface area contributed by atoms with E-state index in [-0.39, 0.29) is 5.56 Å². The lowest BCUT2D eigenvalue weighted by atomic mass is 9.99. The molecular formula is C15H15F2NO. The van der Waals surface area contributed by atoms with Crippen molar-refractivity contribution in [2.45, 2.75) is 13.0 Å². The summed E-state index contributed by atoms with van der Waals surface area (Å²) in [5.74, 6) is -0.580. The molecule has 0 amide bonds. The predicted octanol–water partition coefficient (Wildman–Crippen LogP) is 3.41. The maximum Gasteiger partial charge on any atom is 0.131 e. The number of rotatable bonds is 4. The molecule has 0 heterocycles. The molecule has 19 heavy (non-hydrogen) atoms. The van der Waals surface area contributed by atoms with Gasteiger partial charge in [0, 0.05) is 11.6 Å². The minimum absolute atomic E-state index is 0.259. The molecule has 0 radical (unpaired) electrons. The minimum atomic E-state index is -0.652.